The average Bonchev–Trinajstić information content (AvgIpc) is 2.73. The Labute approximate surface area is 158 Å². The van der Waals surface area contributed by atoms with Crippen molar-refractivity contribution < 1.29 is 0 Å². The molecule has 0 amide bonds. The molecule has 0 radical (unpaired) electrons. The Morgan fingerprint density at radius 2 is 1.59 bits per heavy atom. The molecule has 0 aliphatic rings. The number of fused-ring (bicyclic) bond motifs is 1. The van der Waals surface area contributed by atoms with E-state index >= 15 is 0 Å². The summed E-state index contributed by atoms with van der Waals surface area (Å²) < 4.78 is 0. The van der Waals surface area contributed by atoms with E-state index in [0.717, 1.165) is 39.7 Å². The highest BCUT2D eigenvalue weighted by Gasteiger charge is 2.17. The maximum Gasteiger partial charge on any atom is 0.149 e. The number of aromatic nitrogens is 1. The van der Waals surface area contributed by atoms with Crippen molar-refractivity contribution in [2.24, 2.45) is 0 Å². The van der Waals surface area contributed by atoms with Crippen molar-refractivity contribution in [3.63, 3.8) is 0 Å². The van der Waals surface area contributed by atoms with Crippen LogP contribution in [0.3, 0.4) is 0 Å². The summed E-state index contributed by atoms with van der Waals surface area (Å²) in [7, 11) is 0. The largest absolute Gasteiger partial charge is 0.339 e. The molecule has 3 aromatic carbocycles. The second-order valence-electron chi connectivity index (χ2n) is 6.34. The number of para-hydroxylation sites is 1. The quantitative estimate of drug-likeness (QED) is 0.486. The fourth-order valence-corrected chi connectivity index (χ4v) is 3.48. The Balaban J connectivity index is 1.98. The van der Waals surface area contributed by atoms with Gasteiger partial charge in [-0.3, -0.25) is 0 Å². The Morgan fingerprint density at radius 3 is 2.26 bits per heavy atom. The lowest BCUT2D eigenvalue weighted by Gasteiger charge is -2.16. The summed E-state index contributed by atoms with van der Waals surface area (Å²) in [6.45, 7) is 2.09. The number of hydrogen-bond donors (Lipinski definition) is 1. The van der Waals surface area contributed by atoms with E-state index in [-0.39, 0.29) is 0 Å². The molecule has 27 heavy (non-hydrogen) atoms. The molecular weight excluding hydrogens is 330 g/mol. The number of hydrogen-bond acceptors (Lipinski definition) is 3. The number of pyridine rings is 1. The molecule has 0 saturated carbocycles. The van der Waals surface area contributed by atoms with E-state index in [4.69, 9.17) is 4.98 Å². The number of aryl methyl sites for hydroxylation is 1. The topological polar surface area (TPSA) is 48.7 Å². The lowest BCUT2D eigenvalue weighted by Crippen LogP contribution is -2.03. The normalized spacial score (nSPS) is 10.5. The van der Waals surface area contributed by atoms with Gasteiger partial charge in [-0.2, -0.15) is 5.26 Å². The SMILES string of the molecule is CCc1c(C#N)c(Nc2ccccc2)nc2cccc(-c3ccccc3)c12. The number of nitrogens with one attached hydrogen (secondary N) is 1. The number of benzene rings is 3. The molecule has 4 rings (SSSR count). The Hall–Kier alpha value is -3.64. The van der Waals surface area contributed by atoms with Crippen LogP contribution in [0.1, 0.15) is 18.1 Å². The Bertz CT molecular complexity index is 1130. The van der Waals surface area contributed by atoms with Crippen LogP contribution in [0, 0.1) is 11.3 Å². The highest BCUT2D eigenvalue weighted by Crippen LogP contribution is 2.35. The first-order valence-corrected chi connectivity index (χ1v) is 9.05. The smallest absolute Gasteiger partial charge is 0.149 e. The zero-order valence-corrected chi connectivity index (χ0v) is 15.1. The molecule has 0 aliphatic heterocycles. The third-order valence-electron chi connectivity index (χ3n) is 4.70. The third-order valence-corrected chi connectivity index (χ3v) is 4.70. The van der Waals surface area contributed by atoms with Crippen LogP contribution in [-0.4, -0.2) is 4.98 Å². The highest BCUT2D eigenvalue weighted by molar-refractivity contribution is 5.99. The standard InChI is InChI=1S/C24H19N3/c1-2-19-21(16-25)24(26-18-12-7-4-8-13-18)27-22-15-9-14-20(23(19)22)17-10-5-3-6-11-17/h3-15H,2H2,1H3,(H,26,27). The average molecular weight is 349 g/mol. The maximum atomic E-state index is 9.90. The van der Waals surface area contributed by atoms with Crippen molar-refractivity contribution in [3.8, 4) is 17.2 Å². The van der Waals surface area contributed by atoms with Gasteiger partial charge in [0.1, 0.15) is 11.9 Å². The molecule has 0 atom stereocenters. The first-order valence-electron chi connectivity index (χ1n) is 9.05. The van der Waals surface area contributed by atoms with E-state index in [2.05, 4.69) is 36.5 Å². The van der Waals surface area contributed by atoms with Crippen molar-refractivity contribution in [1.29, 1.82) is 5.26 Å². The van der Waals surface area contributed by atoms with Gasteiger partial charge >= 0.3 is 0 Å². The molecule has 0 spiro atoms. The van der Waals surface area contributed by atoms with E-state index in [1.54, 1.807) is 0 Å². The Kier molecular flexibility index (Phi) is 4.55. The van der Waals surface area contributed by atoms with Crippen molar-refractivity contribution in [2.45, 2.75) is 13.3 Å². The van der Waals surface area contributed by atoms with E-state index in [1.165, 1.54) is 0 Å². The van der Waals surface area contributed by atoms with Crippen molar-refractivity contribution in [3.05, 3.63) is 90.0 Å². The van der Waals surface area contributed by atoms with Crippen LogP contribution in [0.25, 0.3) is 22.0 Å². The molecule has 1 heterocycles. The molecule has 130 valence electrons. The minimum Gasteiger partial charge on any atom is -0.339 e. The molecule has 0 saturated heterocycles. The van der Waals surface area contributed by atoms with Crippen molar-refractivity contribution in [1.82, 2.24) is 4.98 Å². The van der Waals surface area contributed by atoms with Crippen molar-refractivity contribution in [2.75, 3.05) is 5.32 Å². The molecule has 3 nitrogen and oxygen atoms in total. The van der Waals surface area contributed by atoms with Gasteiger partial charge in [0.25, 0.3) is 0 Å². The van der Waals surface area contributed by atoms with Crippen LogP contribution in [0.2, 0.25) is 0 Å². The lowest BCUT2D eigenvalue weighted by atomic mass is 9.93. The molecule has 1 aromatic heterocycles. The van der Waals surface area contributed by atoms with E-state index < -0.39 is 0 Å². The predicted octanol–water partition coefficient (Wildman–Crippen LogP) is 6.08. The van der Waals surface area contributed by atoms with Gasteiger partial charge in [-0.05, 0) is 41.3 Å². The van der Waals surface area contributed by atoms with Crippen LogP contribution in [0.4, 0.5) is 11.5 Å². The molecule has 1 N–H and O–H groups in total. The summed E-state index contributed by atoms with van der Waals surface area (Å²) in [5, 5.41) is 14.3. The molecule has 0 aliphatic carbocycles. The first kappa shape index (κ1) is 16.8. The van der Waals surface area contributed by atoms with E-state index in [9.17, 15) is 5.26 Å². The minimum atomic E-state index is 0.609. The van der Waals surface area contributed by atoms with Gasteiger partial charge < -0.3 is 5.32 Å². The second kappa shape index (κ2) is 7.31. The van der Waals surface area contributed by atoms with Gasteiger partial charge in [0.05, 0.1) is 11.1 Å². The zero-order valence-electron chi connectivity index (χ0n) is 15.1. The molecule has 4 aromatic rings. The molecule has 0 fully saturated rings. The van der Waals surface area contributed by atoms with Gasteiger partial charge in [0.2, 0.25) is 0 Å². The van der Waals surface area contributed by atoms with Crippen molar-refractivity contribution >= 4 is 22.4 Å². The van der Waals surface area contributed by atoms with Gasteiger partial charge in [0, 0.05) is 11.1 Å². The third kappa shape index (κ3) is 3.14. The fraction of sp³-hybridized carbons (Fsp3) is 0.0833. The van der Waals surface area contributed by atoms with E-state index in [1.807, 2.05) is 60.7 Å². The molecular formula is C24H19N3. The molecule has 0 bridgehead atoms. The van der Waals surface area contributed by atoms with Gasteiger partial charge in [-0.25, -0.2) is 4.98 Å². The summed E-state index contributed by atoms with van der Waals surface area (Å²) in [6, 6.07) is 28.6. The lowest BCUT2D eigenvalue weighted by molar-refractivity contribution is 1.13. The van der Waals surface area contributed by atoms with Crippen LogP contribution in [0.5, 0.6) is 0 Å². The second-order valence-corrected chi connectivity index (χ2v) is 6.34. The van der Waals surface area contributed by atoms with Crippen LogP contribution in [-0.2, 0) is 6.42 Å². The van der Waals surface area contributed by atoms with Gasteiger partial charge in [-0.1, -0.05) is 67.6 Å². The minimum absolute atomic E-state index is 0.609. The summed E-state index contributed by atoms with van der Waals surface area (Å²) in [5.41, 5.74) is 5.69. The van der Waals surface area contributed by atoms with E-state index in [0.29, 0.717) is 11.4 Å². The fourth-order valence-electron chi connectivity index (χ4n) is 3.48. The maximum absolute atomic E-state index is 9.90. The van der Waals surface area contributed by atoms with Crippen LogP contribution < -0.4 is 5.32 Å². The predicted molar refractivity (Wildman–Crippen MR) is 111 cm³/mol. The summed E-state index contributed by atoms with van der Waals surface area (Å²) in [4.78, 5) is 4.80. The highest BCUT2D eigenvalue weighted by atomic mass is 15.0. The summed E-state index contributed by atoms with van der Waals surface area (Å²) >= 11 is 0. The number of nitriles is 1. The van der Waals surface area contributed by atoms with Gasteiger partial charge in [-0.15, -0.1) is 0 Å². The summed E-state index contributed by atoms with van der Waals surface area (Å²) in [6.07, 6.45) is 0.759. The van der Waals surface area contributed by atoms with Crippen LogP contribution >= 0.6 is 0 Å². The monoisotopic (exact) mass is 349 g/mol. The molecule has 0 unspecified atom stereocenters. The van der Waals surface area contributed by atoms with Gasteiger partial charge in [0.15, 0.2) is 0 Å². The Morgan fingerprint density at radius 1 is 0.889 bits per heavy atom. The zero-order chi connectivity index (χ0) is 18.6. The number of rotatable bonds is 4. The number of anilines is 2. The summed E-state index contributed by atoms with van der Waals surface area (Å²) in [5.74, 6) is 0.610. The van der Waals surface area contributed by atoms with Crippen LogP contribution in [0.15, 0.2) is 78.9 Å². The molecule has 3 heteroatoms. The first-order chi connectivity index (χ1) is 13.3. The number of nitrogens with zero attached hydrogens (tertiary/aromatic N) is 2.